The smallest absolute Gasteiger partial charge is 0.409 e. The number of amides is 11. The monoisotopic (exact) mass is 1590 g/mol. The number of alkyl carbamates (subject to hydrolysis) is 1. The van der Waals surface area contributed by atoms with Crippen molar-refractivity contribution < 1.29 is 101 Å². The summed E-state index contributed by atoms with van der Waals surface area (Å²) in [6.07, 6.45) is 3.01. The number of esters is 1. The number of aliphatic hydroxyl groups is 1. The second kappa shape index (κ2) is 36.7. The third-order valence-corrected chi connectivity index (χ3v) is 21.7. The lowest BCUT2D eigenvalue weighted by atomic mass is 9.83. The zero-order valence-corrected chi connectivity index (χ0v) is 63.7. The second-order valence-corrected chi connectivity index (χ2v) is 30.6. The molecule has 1 aromatic rings. The van der Waals surface area contributed by atoms with Crippen molar-refractivity contribution in [1.82, 2.24) is 35.1 Å². The van der Waals surface area contributed by atoms with Gasteiger partial charge in [-0.2, -0.15) is 0 Å². The van der Waals surface area contributed by atoms with E-state index in [1.54, 1.807) is 38.1 Å². The highest BCUT2D eigenvalue weighted by Gasteiger charge is 2.65. The molecule has 3 fully saturated rings. The first-order valence-corrected chi connectivity index (χ1v) is 36.5. The van der Waals surface area contributed by atoms with Gasteiger partial charge in [-0.1, -0.05) is 56.2 Å². The average Bonchev–Trinajstić information content (AvgIpc) is 1.58. The minimum absolute atomic E-state index is 0.0287. The highest BCUT2D eigenvalue weighted by atomic mass is 79.9. The molecule has 1 aromatic carbocycles. The first-order valence-electron chi connectivity index (χ1n) is 33.7. The molecule has 6 aliphatic rings. The van der Waals surface area contributed by atoms with Crippen LogP contribution in [-0.2, 0) is 92.4 Å². The Morgan fingerprint density at radius 2 is 1.50 bits per heavy atom. The number of hydrogen-bond acceptors (Lipinski definition) is 22. The maximum absolute atomic E-state index is 14.5. The number of methoxy groups -OCH3 is 2. The molecule has 33 heteroatoms. The van der Waals surface area contributed by atoms with Crippen molar-refractivity contribution in [1.29, 1.82) is 0 Å². The molecule has 0 aliphatic carbocycles. The number of carbonyl (C=O) groups excluding carboxylic acids is 13. The van der Waals surface area contributed by atoms with Gasteiger partial charge in [-0.25, -0.2) is 9.59 Å². The molecular formula is C69H91Br2ClN8O21S. The molecule has 4 bridgehead atoms. The molecular weight excluding hydrogens is 1500 g/mol. The van der Waals surface area contributed by atoms with E-state index in [2.05, 4.69) is 42.5 Å². The molecule has 0 aromatic heterocycles. The van der Waals surface area contributed by atoms with E-state index in [0.29, 0.717) is 24.3 Å². The molecule has 11 amide bonds. The molecule has 1 unspecified atom stereocenters. The number of epoxide rings is 1. The van der Waals surface area contributed by atoms with E-state index in [-0.39, 0.29) is 155 Å². The van der Waals surface area contributed by atoms with Crippen molar-refractivity contribution in [3.8, 4) is 5.75 Å². The van der Waals surface area contributed by atoms with Gasteiger partial charge in [0.25, 0.3) is 23.6 Å². The SMILES string of the molecule is COc1cc2cc(c1Cl)N(C)C(=O)C[C@H](OC(=O)[C@H](C)N(C)C(=O)CCC(C)(C)SC1CC(=O)N(CCCC(=O)NCCOCCOCCCC(=O)CCC(=O)N(CCN3C(=O)C=C(Br)C3=O)CCN3C(=O)C=C(Br)C3=O)C1=O)[C@]1(C)O[C@H]1[C@H](C)[C@@H]1C[C@@](O)(NC(=O)O1)[C@H](OC)/C=C/C=C(\C)C2. The van der Waals surface area contributed by atoms with E-state index in [1.165, 1.54) is 61.7 Å². The maximum atomic E-state index is 14.5. The fourth-order valence-corrected chi connectivity index (χ4v) is 15.0. The van der Waals surface area contributed by atoms with Crippen LogP contribution in [0.25, 0.3) is 0 Å². The number of nitrogens with one attached hydrogen (secondary N) is 2. The Labute approximate surface area is 618 Å². The van der Waals surface area contributed by atoms with E-state index < -0.39 is 123 Å². The number of benzene rings is 1. The van der Waals surface area contributed by atoms with Gasteiger partial charge >= 0.3 is 12.1 Å². The van der Waals surface area contributed by atoms with E-state index in [4.69, 9.17) is 44.8 Å². The van der Waals surface area contributed by atoms with Crippen molar-refractivity contribution in [3.63, 3.8) is 0 Å². The van der Waals surface area contributed by atoms with E-state index in [0.717, 1.165) is 38.0 Å². The van der Waals surface area contributed by atoms with Gasteiger partial charge in [0, 0.05) is 135 Å². The highest BCUT2D eigenvalue weighted by molar-refractivity contribution is 9.12. The van der Waals surface area contributed by atoms with Crippen LogP contribution in [0.2, 0.25) is 5.02 Å². The minimum atomic E-state index is -1.91. The summed E-state index contributed by atoms with van der Waals surface area (Å²) >= 11 is 14.2. The number of fused-ring (bicyclic) bond motifs is 5. The molecule has 29 nitrogen and oxygen atoms in total. The van der Waals surface area contributed by atoms with Gasteiger partial charge in [-0.15, -0.1) is 11.8 Å². The third kappa shape index (κ3) is 21.6. The van der Waals surface area contributed by atoms with Gasteiger partial charge in [-0.3, -0.25) is 72.8 Å². The van der Waals surface area contributed by atoms with Crippen LogP contribution in [0.5, 0.6) is 5.75 Å². The normalized spacial score (nSPS) is 25.1. The standard InChI is InChI=1S/C69H91Br2ClN8O21S/c1-40-14-11-16-51(96-10)69(94)39-49(99-66(93)74-69)41(2)61-68(6,101-61)52(38-56(85)76(8)47-33-43(32-40)34-48(95-9)60(47)72)100-65(92)42(3)75(7)54(83)20-21-67(4,5)102-50-37-59(88)78(64(50)91)23-12-17-53(82)73-22-29-98-31-30-97-28-13-15-44(81)18-19-55(84)77(24-26-79-57(86)35-45(70)62(79)89)25-27-80-58(87)36-46(71)63(80)90/h11,14,16,33-36,41-42,49-52,61,94H,12-13,15,17-32,37-39H2,1-10H3,(H,73,82)(H,74,93)/b16-11+,40-14+/t41-,42+,49+,50?,51-,52+,61+,68+,69+/m1/s1. The molecule has 102 heavy (non-hydrogen) atoms. The summed E-state index contributed by atoms with van der Waals surface area (Å²) in [5.74, 6) is -6.08. The maximum Gasteiger partial charge on any atom is 0.409 e. The summed E-state index contributed by atoms with van der Waals surface area (Å²) < 4.78 is 40.2. The Morgan fingerprint density at radius 1 is 0.853 bits per heavy atom. The second-order valence-electron chi connectivity index (χ2n) is 26.6. The molecule has 3 saturated heterocycles. The lowest BCUT2D eigenvalue weighted by Gasteiger charge is -2.42. The van der Waals surface area contributed by atoms with Gasteiger partial charge < -0.3 is 58.3 Å². The van der Waals surface area contributed by atoms with E-state index >= 15 is 0 Å². The number of allylic oxidation sites excluding steroid dienone is 3. The van der Waals surface area contributed by atoms with Crippen molar-refractivity contribution >= 4 is 138 Å². The largest absolute Gasteiger partial charge is 0.495 e. The Morgan fingerprint density at radius 3 is 2.12 bits per heavy atom. The number of ketones is 1. The Hall–Kier alpha value is -6.91. The van der Waals surface area contributed by atoms with Crippen LogP contribution >= 0.6 is 55.2 Å². The number of ether oxygens (including phenoxy) is 7. The quantitative estimate of drug-likeness (QED) is 0.0356. The van der Waals surface area contributed by atoms with Gasteiger partial charge in [0.1, 0.15) is 46.5 Å². The van der Waals surface area contributed by atoms with Crippen molar-refractivity contribution in [3.05, 3.63) is 67.6 Å². The molecule has 9 atom stereocenters. The van der Waals surface area contributed by atoms with E-state index in [1.807, 2.05) is 26.8 Å². The first kappa shape index (κ1) is 82.4. The van der Waals surface area contributed by atoms with Crippen LogP contribution in [0.15, 0.2) is 57.1 Å². The van der Waals surface area contributed by atoms with Crippen LogP contribution in [0.3, 0.4) is 0 Å². The number of Topliss-reactive ketones (excluding diaryl/α,β-unsaturated/α-hetero) is 1. The van der Waals surface area contributed by atoms with Crippen molar-refractivity contribution in [2.75, 3.05) is 98.9 Å². The number of thioether (sulfide) groups is 1. The van der Waals surface area contributed by atoms with Gasteiger partial charge in [0.05, 0.1) is 59.4 Å². The molecule has 7 rings (SSSR count). The lowest BCUT2D eigenvalue weighted by molar-refractivity contribution is -0.162. The fraction of sp³-hybridized carbons (Fsp3) is 0.609. The highest BCUT2D eigenvalue weighted by Crippen LogP contribution is 2.49. The number of hydrogen-bond donors (Lipinski definition) is 3. The molecule has 560 valence electrons. The van der Waals surface area contributed by atoms with E-state index in [9.17, 15) is 67.4 Å². The van der Waals surface area contributed by atoms with Gasteiger partial charge in [0.15, 0.2) is 5.72 Å². The summed E-state index contributed by atoms with van der Waals surface area (Å²) in [5.41, 5.74) is -1.29. The zero-order chi connectivity index (χ0) is 75.1. The number of nitrogens with zero attached hydrogens (tertiary/aromatic N) is 6. The summed E-state index contributed by atoms with van der Waals surface area (Å²) in [5, 5.41) is 16.6. The number of likely N-dealkylation sites (N-methyl/N-ethyl adjacent to an activating group) is 1. The fourth-order valence-electron chi connectivity index (χ4n) is 12.4. The molecule has 6 heterocycles. The Balaban J connectivity index is 0.801. The number of imide groups is 3. The molecule has 0 spiro atoms. The lowest BCUT2D eigenvalue weighted by Crippen LogP contribution is -2.63. The predicted molar refractivity (Wildman–Crippen MR) is 378 cm³/mol. The van der Waals surface area contributed by atoms with Crippen LogP contribution in [0.1, 0.15) is 118 Å². The molecule has 0 saturated carbocycles. The minimum Gasteiger partial charge on any atom is -0.495 e. The zero-order valence-electron chi connectivity index (χ0n) is 59.0. The number of likely N-dealkylation sites (tertiary alicyclic amines) is 1. The van der Waals surface area contributed by atoms with Crippen LogP contribution in [0.4, 0.5) is 10.5 Å². The molecule has 3 N–H and O–H groups in total. The summed E-state index contributed by atoms with van der Waals surface area (Å²) in [4.78, 5) is 177. The Kier molecular flexibility index (Phi) is 29.6. The van der Waals surface area contributed by atoms with Gasteiger partial charge in [0.2, 0.25) is 35.4 Å². The number of anilines is 1. The van der Waals surface area contributed by atoms with Crippen LogP contribution < -0.4 is 20.3 Å². The van der Waals surface area contributed by atoms with Gasteiger partial charge in [-0.05, 0) is 96.0 Å². The topological polar surface area (TPSA) is 354 Å². The number of carbonyl (C=O) groups is 13. The average molecular weight is 1600 g/mol. The third-order valence-electron chi connectivity index (χ3n) is 18.7. The number of halogens is 3. The first-order chi connectivity index (χ1) is 48.1. The number of rotatable bonds is 33. The summed E-state index contributed by atoms with van der Waals surface area (Å²) in [6.45, 7) is 11.1. The summed E-state index contributed by atoms with van der Waals surface area (Å²) in [6, 6.07) is 2.34. The molecule has 0 radical (unpaired) electrons. The molecule has 6 aliphatic heterocycles. The van der Waals surface area contributed by atoms with Crippen molar-refractivity contribution in [2.24, 2.45) is 5.92 Å². The predicted octanol–water partition coefficient (Wildman–Crippen LogP) is 5.12. The van der Waals surface area contributed by atoms with Crippen molar-refractivity contribution in [2.45, 2.75) is 170 Å². The van der Waals surface area contributed by atoms with Crippen LogP contribution in [-0.4, -0.2) is 252 Å². The summed E-state index contributed by atoms with van der Waals surface area (Å²) in [7, 11) is 5.85. The van der Waals surface area contributed by atoms with Crippen LogP contribution in [0, 0.1) is 5.92 Å². The Bertz CT molecular complexity index is 3480.